The highest BCUT2D eigenvalue weighted by molar-refractivity contribution is 7.11. The molecule has 2 N–H and O–H groups in total. The van der Waals surface area contributed by atoms with Crippen LogP contribution in [0.15, 0.2) is 60.2 Å². The molecule has 2 aliphatic heterocycles. The molecule has 11 heteroatoms. The maximum absolute atomic E-state index is 16.2. The summed E-state index contributed by atoms with van der Waals surface area (Å²) in [5.74, 6) is -0.178. The van der Waals surface area contributed by atoms with Gasteiger partial charge >= 0.3 is 6.03 Å². The molecule has 0 bridgehead atoms. The first-order valence-electron chi connectivity index (χ1n) is 13.4. The van der Waals surface area contributed by atoms with Crippen molar-refractivity contribution in [2.75, 3.05) is 24.5 Å². The number of rotatable bonds is 6. The monoisotopic (exact) mass is 575 g/mol. The van der Waals surface area contributed by atoms with Gasteiger partial charge in [-0.2, -0.15) is 0 Å². The number of hydrogen-bond donors (Lipinski definition) is 2. The van der Waals surface area contributed by atoms with Crippen LogP contribution in [0, 0.1) is 11.2 Å². The summed E-state index contributed by atoms with van der Waals surface area (Å²) in [6.07, 6.45) is 3.69. The van der Waals surface area contributed by atoms with Gasteiger partial charge in [0.15, 0.2) is 0 Å². The zero-order chi connectivity index (χ0) is 28.8. The van der Waals surface area contributed by atoms with Crippen molar-refractivity contribution in [3.05, 3.63) is 77.2 Å². The minimum absolute atomic E-state index is 0.154. The van der Waals surface area contributed by atoms with Crippen molar-refractivity contribution in [1.82, 2.24) is 20.2 Å². The van der Waals surface area contributed by atoms with Crippen LogP contribution < -0.4 is 15.0 Å². The van der Waals surface area contributed by atoms with Crippen LogP contribution in [0.5, 0.6) is 10.9 Å². The zero-order valence-corrected chi connectivity index (χ0v) is 23.6. The number of carbonyl (C=O) groups is 2. The number of nitrogens with zero attached hydrogens (tertiary/aromatic N) is 4. The van der Waals surface area contributed by atoms with Gasteiger partial charge in [-0.3, -0.25) is 24.9 Å². The molecule has 0 aliphatic carbocycles. The fraction of sp³-hybridized carbons (Fsp3) is 0.333. The zero-order valence-electron chi connectivity index (χ0n) is 22.8. The number of piperidine rings is 1. The van der Waals surface area contributed by atoms with Gasteiger partial charge in [-0.25, -0.2) is 14.2 Å². The van der Waals surface area contributed by atoms with E-state index in [1.54, 1.807) is 24.4 Å². The Kier molecular flexibility index (Phi) is 6.96. The summed E-state index contributed by atoms with van der Waals surface area (Å²) in [5, 5.41) is 17.0. The number of pyridine rings is 1. The number of likely N-dealkylation sites (tertiary alicyclic amines) is 1. The van der Waals surface area contributed by atoms with Gasteiger partial charge in [0.2, 0.25) is 5.91 Å². The van der Waals surface area contributed by atoms with E-state index in [1.807, 2.05) is 43.5 Å². The highest BCUT2D eigenvalue weighted by Gasteiger charge is 2.50. The van der Waals surface area contributed by atoms with Gasteiger partial charge in [0.1, 0.15) is 11.6 Å². The van der Waals surface area contributed by atoms with E-state index in [2.05, 4.69) is 20.2 Å². The number of halogens is 1. The number of imide groups is 1. The third kappa shape index (κ3) is 5.16. The first kappa shape index (κ1) is 27.3. The molecule has 2 fully saturated rings. The van der Waals surface area contributed by atoms with Crippen LogP contribution in [0.2, 0.25) is 0 Å². The van der Waals surface area contributed by atoms with E-state index in [9.17, 15) is 14.7 Å². The van der Waals surface area contributed by atoms with E-state index in [4.69, 9.17) is 4.74 Å². The largest absolute Gasteiger partial charge is 0.431 e. The van der Waals surface area contributed by atoms with Crippen molar-refractivity contribution in [3.8, 4) is 10.9 Å². The maximum atomic E-state index is 16.2. The van der Waals surface area contributed by atoms with Gasteiger partial charge in [-0.05, 0) is 36.2 Å². The van der Waals surface area contributed by atoms with Gasteiger partial charge in [-0.15, -0.1) is 0 Å². The number of benzene rings is 2. The lowest BCUT2D eigenvalue weighted by molar-refractivity contribution is -0.128. The number of nitrogens with one attached hydrogen (secondary N) is 1. The lowest BCUT2D eigenvalue weighted by Gasteiger charge is -2.50. The molecule has 2 aliphatic rings. The summed E-state index contributed by atoms with van der Waals surface area (Å²) < 4.78 is 21.9. The van der Waals surface area contributed by atoms with Crippen molar-refractivity contribution < 1.29 is 23.8 Å². The van der Waals surface area contributed by atoms with Gasteiger partial charge in [-0.1, -0.05) is 43.4 Å². The van der Waals surface area contributed by atoms with Crippen molar-refractivity contribution in [2.24, 2.45) is 5.41 Å². The minimum atomic E-state index is -1.42. The maximum Gasteiger partial charge on any atom is 0.328 e. The normalized spacial score (nSPS) is 21.2. The summed E-state index contributed by atoms with van der Waals surface area (Å²) in [6, 6.07) is 12.2. The molecule has 6 rings (SSSR count). The van der Waals surface area contributed by atoms with E-state index in [0.717, 1.165) is 11.3 Å². The number of urea groups is 1. The van der Waals surface area contributed by atoms with Crippen molar-refractivity contribution in [1.29, 1.82) is 0 Å². The first-order chi connectivity index (χ1) is 19.6. The molecule has 0 radical (unpaired) electrons. The number of aliphatic hydroxyl groups is 1. The quantitative estimate of drug-likeness (QED) is 0.326. The second-order valence-corrected chi connectivity index (χ2v) is 12.0. The van der Waals surface area contributed by atoms with Gasteiger partial charge in [0.05, 0.1) is 23.0 Å². The average molecular weight is 576 g/mol. The molecule has 0 spiro atoms. The number of amides is 3. The molecule has 2 aromatic heterocycles. The summed E-state index contributed by atoms with van der Waals surface area (Å²) in [6.45, 7) is 5.92. The van der Waals surface area contributed by atoms with Crippen LogP contribution in [-0.2, 0) is 16.9 Å². The Morgan fingerprint density at radius 1 is 1.12 bits per heavy atom. The standard InChI is InChI=1S/C30H30FN5O4S/c1-29(2)18-35(17-19-3-5-21(6-4-19)40-28-32-11-14-41-28)13-10-30(29,39)23-7-8-24-22(26(23)31)15-20(16-33-24)36-12-9-25(37)34-27(36)38/h3-8,11,14-16,39H,9-10,12-13,17-18H2,1-2H3,(H,34,37,38). The Morgan fingerprint density at radius 2 is 1.93 bits per heavy atom. The summed E-state index contributed by atoms with van der Waals surface area (Å²) in [5.41, 5.74) is 0.0451. The molecule has 4 aromatic rings. The van der Waals surface area contributed by atoms with E-state index in [0.29, 0.717) is 42.5 Å². The predicted molar refractivity (Wildman–Crippen MR) is 153 cm³/mol. The molecular formula is C30H30FN5O4S. The number of anilines is 1. The molecular weight excluding hydrogens is 545 g/mol. The average Bonchev–Trinajstić information content (AvgIpc) is 3.45. The lowest BCUT2D eigenvalue weighted by atomic mass is 9.66. The van der Waals surface area contributed by atoms with Crippen LogP contribution in [-0.4, -0.2) is 51.5 Å². The molecule has 1 unspecified atom stereocenters. The number of fused-ring (bicyclic) bond motifs is 1. The number of thiazole rings is 1. The Bertz CT molecular complexity index is 1610. The van der Waals surface area contributed by atoms with E-state index < -0.39 is 22.9 Å². The van der Waals surface area contributed by atoms with Gasteiger partial charge in [0, 0.05) is 60.5 Å². The second-order valence-electron chi connectivity index (χ2n) is 11.2. The molecule has 212 valence electrons. The van der Waals surface area contributed by atoms with Gasteiger partial charge in [0.25, 0.3) is 5.19 Å². The smallest absolute Gasteiger partial charge is 0.328 e. The summed E-state index contributed by atoms with van der Waals surface area (Å²) in [7, 11) is 0. The fourth-order valence-corrected chi connectivity index (χ4v) is 6.28. The molecule has 0 saturated carbocycles. The summed E-state index contributed by atoms with van der Waals surface area (Å²) in [4.78, 5) is 36.0. The Hall–Kier alpha value is -3.93. The minimum Gasteiger partial charge on any atom is -0.431 e. The first-order valence-corrected chi connectivity index (χ1v) is 14.3. The number of aromatic nitrogens is 2. The number of hydrogen-bond acceptors (Lipinski definition) is 8. The second kappa shape index (κ2) is 10.5. The van der Waals surface area contributed by atoms with E-state index in [1.165, 1.54) is 22.4 Å². The molecule has 9 nitrogen and oxygen atoms in total. The molecule has 2 aromatic carbocycles. The Morgan fingerprint density at radius 3 is 2.63 bits per heavy atom. The third-order valence-electron chi connectivity index (χ3n) is 8.07. The van der Waals surface area contributed by atoms with E-state index in [-0.39, 0.29) is 29.8 Å². The lowest BCUT2D eigenvalue weighted by Crippen LogP contribution is -2.55. The van der Waals surface area contributed by atoms with Crippen molar-refractivity contribution in [2.45, 2.75) is 38.8 Å². The van der Waals surface area contributed by atoms with Crippen LogP contribution in [0.25, 0.3) is 10.9 Å². The third-order valence-corrected chi connectivity index (χ3v) is 8.72. The van der Waals surface area contributed by atoms with Crippen LogP contribution in [0.3, 0.4) is 0 Å². The number of ether oxygens (including phenoxy) is 1. The highest BCUT2D eigenvalue weighted by Crippen LogP contribution is 2.48. The summed E-state index contributed by atoms with van der Waals surface area (Å²) >= 11 is 1.43. The molecule has 2 saturated heterocycles. The Balaban J connectivity index is 1.21. The molecule has 3 amide bonds. The predicted octanol–water partition coefficient (Wildman–Crippen LogP) is 5.19. The highest BCUT2D eigenvalue weighted by atomic mass is 32.1. The van der Waals surface area contributed by atoms with E-state index >= 15 is 4.39 Å². The molecule has 1 atom stereocenters. The molecule has 41 heavy (non-hydrogen) atoms. The topological polar surface area (TPSA) is 108 Å². The fourth-order valence-electron chi connectivity index (χ4n) is 5.78. The molecule has 4 heterocycles. The van der Waals surface area contributed by atoms with Crippen LogP contribution in [0.1, 0.15) is 37.8 Å². The SMILES string of the molecule is CC1(C)CN(Cc2ccc(Oc3nccs3)cc2)CCC1(O)c1ccc2ncc(N3CCC(=O)NC3=O)cc2c1F. The van der Waals surface area contributed by atoms with Crippen molar-refractivity contribution in [3.63, 3.8) is 0 Å². The Labute approximate surface area is 240 Å². The number of carbonyl (C=O) groups excluding carboxylic acids is 2. The van der Waals surface area contributed by atoms with Gasteiger partial charge < -0.3 is 9.84 Å². The van der Waals surface area contributed by atoms with Crippen molar-refractivity contribution >= 4 is 39.9 Å². The van der Waals surface area contributed by atoms with Crippen LogP contribution >= 0.6 is 11.3 Å². The van der Waals surface area contributed by atoms with Crippen LogP contribution in [0.4, 0.5) is 14.9 Å².